The highest BCUT2D eigenvalue weighted by Crippen LogP contribution is 2.40. The molecule has 0 nitrogen and oxygen atoms in total. The van der Waals surface area contributed by atoms with Crippen LogP contribution in [0.2, 0.25) is 0 Å². The van der Waals surface area contributed by atoms with Gasteiger partial charge in [-0.3, -0.25) is 0 Å². The molecular weight excluding hydrogens is 211 g/mol. The highest BCUT2D eigenvalue weighted by Gasteiger charge is 2.29. The van der Waals surface area contributed by atoms with Crippen molar-refractivity contribution in [3.63, 3.8) is 0 Å². The van der Waals surface area contributed by atoms with Crippen LogP contribution in [0.5, 0.6) is 0 Å². The van der Waals surface area contributed by atoms with Gasteiger partial charge in [-0.1, -0.05) is 66.2 Å². The maximum absolute atomic E-state index is 3.23. The Labute approximate surface area is 106 Å². The summed E-state index contributed by atoms with van der Waals surface area (Å²) in [5.74, 6) is 0.871. The summed E-state index contributed by atoms with van der Waals surface area (Å²) < 4.78 is 0. The van der Waals surface area contributed by atoms with E-state index in [0.29, 0.717) is 5.16 Å². The van der Waals surface area contributed by atoms with Gasteiger partial charge in [-0.2, -0.15) is 0 Å². The first kappa shape index (κ1) is 16.4. The lowest BCUT2D eigenvalue weighted by Crippen LogP contribution is -2.29. The normalized spacial score (nSPS) is 14.1. The van der Waals surface area contributed by atoms with Crippen molar-refractivity contribution in [2.24, 2.45) is 5.92 Å². The third kappa shape index (κ3) is 6.24. The summed E-state index contributed by atoms with van der Waals surface area (Å²) >= 11 is 0. The fourth-order valence-corrected chi connectivity index (χ4v) is 3.00. The molecule has 0 bridgehead atoms. The van der Waals surface area contributed by atoms with Crippen LogP contribution >= 0.6 is 9.24 Å². The fraction of sp³-hybridized carbons (Fsp3) is 1.00. The number of hydrogen-bond acceptors (Lipinski definition) is 0. The molecule has 0 amide bonds. The van der Waals surface area contributed by atoms with E-state index in [2.05, 4.69) is 36.9 Å². The lowest BCUT2D eigenvalue weighted by atomic mass is 9.81. The number of rotatable bonds is 10. The lowest BCUT2D eigenvalue weighted by molar-refractivity contribution is 0.319. The van der Waals surface area contributed by atoms with Crippen molar-refractivity contribution in [2.75, 3.05) is 0 Å². The maximum Gasteiger partial charge on any atom is -0.0125 e. The van der Waals surface area contributed by atoms with E-state index in [1.54, 1.807) is 0 Å². The lowest BCUT2D eigenvalue weighted by Gasteiger charge is -2.36. The summed E-state index contributed by atoms with van der Waals surface area (Å²) in [6.45, 7) is 9.38. The van der Waals surface area contributed by atoms with Gasteiger partial charge >= 0.3 is 0 Å². The molecule has 0 aliphatic heterocycles. The zero-order valence-electron chi connectivity index (χ0n) is 12.0. The molecule has 0 N–H and O–H groups in total. The monoisotopic (exact) mass is 244 g/mol. The van der Waals surface area contributed by atoms with E-state index in [0.717, 1.165) is 5.92 Å². The van der Waals surface area contributed by atoms with Crippen molar-refractivity contribution in [1.82, 2.24) is 0 Å². The van der Waals surface area contributed by atoms with E-state index < -0.39 is 0 Å². The minimum atomic E-state index is 0.529. The number of hydrogen-bond donors (Lipinski definition) is 0. The van der Waals surface area contributed by atoms with Crippen LogP contribution in [-0.2, 0) is 0 Å². The van der Waals surface area contributed by atoms with Gasteiger partial charge < -0.3 is 0 Å². The molecule has 0 radical (unpaired) electrons. The Hall–Kier alpha value is 0.430. The quantitative estimate of drug-likeness (QED) is 0.426. The van der Waals surface area contributed by atoms with Gasteiger partial charge in [0.15, 0.2) is 0 Å². The van der Waals surface area contributed by atoms with Crippen molar-refractivity contribution in [2.45, 2.75) is 90.6 Å². The highest BCUT2D eigenvalue weighted by atomic mass is 31.0. The molecule has 0 aromatic rings. The Morgan fingerprint density at radius 1 is 0.875 bits per heavy atom. The molecule has 0 saturated carbocycles. The van der Waals surface area contributed by atoms with Crippen molar-refractivity contribution < 1.29 is 0 Å². The van der Waals surface area contributed by atoms with Crippen molar-refractivity contribution >= 4 is 9.24 Å². The molecule has 0 aliphatic carbocycles. The van der Waals surface area contributed by atoms with Gasteiger partial charge in [0.05, 0.1) is 0 Å². The molecule has 0 spiro atoms. The van der Waals surface area contributed by atoms with Crippen LogP contribution in [0.4, 0.5) is 0 Å². The molecule has 0 aromatic carbocycles. The van der Waals surface area contributed by atoms with Crippen LogP contribution in [0.15, 0.2) is 0 Å². The second kappa shape index (κ2) is 9.46. The minimum Gasteiger partial charge on any atom is -0.131 e. The molecule has 1 heteroatoms. The topological polar surface area (TPSA) is 0 Å². The average molecular weight is 244 g/mol. The van der Waals surface area contributed by atoms with E-state index in [1.165, 1.54) is 57.8 Å². The Bertz CT molecular complexity index is 146. The molecule has 0 saturated heterocycles. The SMILES string of the molecule is CCCCC(C)C(P)(CCCC)CCCC. The second-order valence-corrected chi connectivity index (χ2v) is 6.63. The first-order chi connectivity index (χ1) is 7.60. The predicted molar refractivity (Wildman–Crippen MR) is 80.2 cm³/mol. The van der Waals surface area contributed by atoms with Gasteiger partial charge in [-0.05, 0) is 30.3 Å². The minimum absolute atomic E-state index is 0.529. The molecule has 0 rings (SSSR count). The summed E-state index contributed by atoms with van der Waals surface area (Å²) in [7, 11) is 3.23. The average Bonchev–Trinajstić information content (AvgIpc) is 2.30. The standard InChI is InChI=1S/C15H33P/c1-5-8-11-14(4)15(16,12-9-6-2)13-10-7-3/h14H,5-13,16H2,1-4H3. The molecule has 0 aliphatic rings. The van der Waals surface area contributed by atoms with Gasteiger partial charge in [0.1, 0.15) is 0 Å². The summed E-state index contributed by atoms with van der Waals surface area (Å²) in [6, 6.07) is 0. The zero-order chi connectivity index (χ0) is 12.4. The molecule has 0 fully saturated rings. The maximum atomic E-state index is 3.23. The van der Waals surface area contributed by atoms with E-state index in [-0.39, 0.29) is 0 Å². The van der Waals surface area contributed by atoms with Crippen molar-refractivity contribution in [3.05, 3.63) is 0 Å². The Morgan fingerprint density at radius 2 is 1.31 bits per heavy atom. The van der Waals surface area contributed by atoms with E-state index in [1.807, 2.05) is 0 Å². The first-order valence-electron chi connectivity index (χ1n) is 7.39. The van der Waals surface area contributed by atoms with Gasteiger partial charge in [-0.25, -0.2) is 0 Å². The Morgan fingerprint density at radius 3 is 1.69 bits per heavy atom. The van der Waals surface area contributed by atoms with E-state index in [9.17, 15) is 0 Å². The Kier molecular flexibility index (Phi) is 9.71. The summed E-state index contributed by atoms with van der Waals surface area (Å²) in [4.78, 5) is 0. The van der Waals surface area contributed by atoms with E-state index in [4.69, 9.17) is 0 Å². The zero-order valence-corrected chi connectivity index (χ0v) is 13.2. The summed E-state index contributed by atoms with van der Waals surface area (Å²) in [6.07, 6.45) is 12.4. The second-order valence-electron chi connectivity index (χ2n) is 5.48. The third-order valence-corrected chi connectivity index (χ3v) is 5.11. The Balaban J connectivity index is 4.24. The molecule has 2 atom stereocenters. The van der Waals surface area contributed by atoms with Gasteiger partial charge in [0.2, 0.25) is 0 Å². The van der Waals surface area contributed by atoms with Gasteiger partial charge in [0.25, 0.3) is 0 Å². The first-order valence-corrected chi connectivity index (χ1v) is 7.97. The van der Waals surface area contributed by atoms with Gasteiger partial charge in [0, 0.05) is 0 Å². The molecule has 0 heterocycles. The highest BCUT2D eigenvalue weighted by molar-refractivity contribution is 7.19. The van der Waals surface area contributed by atoms with E-state index >= 15 is 0 Å². The molecule has 98 valence electrons. The molecule has 16 heavy (non-hydrogen) atoms. The van der Waals surface area contributed by atoms with Crippen LogP contribution in [0.1, 0.15) is 85.5 Å². The van der Waals surface area contributed by atoms with Crippen LogP contribution in [0.25, 0.3) is 0 Å². The molecule has 2 unspecified atom stereocenters. The predicted octanol–water partition coefficient (Wildman–Crippen LogP) is 5.81. The van der Waals surface area contributed by atoms with Crippen molar-refractivity contribution in [1.29, 1.82) is 0 Å². The van der Waals surface area contributed by atoms with Gasteiger partial charge in [-0.15, -0.1) is 9.24 Å². The third-order valence-electron chi connectivity index (χ3n) is 3.96. The summed E-state index contributed by atoms with van der Waals surface area (Å²) in [5.41, 5.74) is 0. The fourth-order valence-electron chi connectivity index (χ4n) is 2.43. The van der Waals surface area contributed by atoms with Crippen LogP contribution in [0.3, 0.4) is 0 Å². The smallest absolute Gasteiger partial charge is 0.0125 e. The summed E-state index contributed by atoms with van der Waals surface area (Å²) in [5, 5.41) is 0.529. The van der Waals surface area contributed by atoms with Crippen LogP contribution in [0, 0.1) is 5.92 Å². The van der Waals surface area contributed by atoms with Crippen LogP contribution in [-0.4, -0.2) is 5.16 Å². The molecular formula is C15H33P. The molecule has 0 aromatic heterocycles. The van der Waals surface area contributed by atoms with Crippen LogP contribution < -0.4 is 0 Å². The van der Waals surface area contributed by atoms with Crippen molar-refractivity contribution in [3.8, 4) is 0 Å². The largest absolute Gasteiger partial charge is 0.131 e. The number of unbranched alkanes of at least 4 members (excludes halogenated alkanes) is 3.